The number of methoxy groups -OCH3 is 1. The summed E-state index contributed by atoms with van der Waals surface area (Å²) in [6.45, 7) is 1.67. The highest BCUT2D eigenvalue weighted by Gasteiger charge is 2.32. The normalized spacial score (nSPS) is 11.2. The number of hydrogen-bond acceptors (Lipinski definition) is 2. The molecule has 0 heterocycles. The number of carbonyl (C=O) groups excluding carboxylic acids is 1. The number of halogens is 2. The lowest BCUT2D eigenvalue weighted by Gasteiger charge is -2.19. The Kier molecular flexibility index (Phi) is 4.06. The minimum absolute atomic E-state index is 0.184. The fourth-order valence-electron chi connectivity index (χ4n) is 0.391. The first-order valence-corrected chi connectivity index (χ1v) is 3.88. The molecule has 0 radical (unpaired) electrons. The van der Waals surface area contributed by atoms with E-state index in [1.165, 1.54) is 7.11 Å². The van der Waals surface area contributed by atoms with Crippen LogP contribution in [0.3, 0.4) is 0 Å². The second kappa shape index (κ2) is 4.04. The van der Waals surface area contributed by atoms with Crippen molar-refractivity contribution in [2.45, 2.75) is 6.92 Å². The lowest BCUT2D eigenvalue weighted by Crippen LogP contribution is -2.32. The number of rotatable bonds is 3. The third-order valence-electron chi connectivity index (χ3n) is 1.27. The van der Waals surface area contributed by atoms with Crippen LogP contribution in [0.5, 0.6) is 0 Å². The first-order valence-electron chi connectivity index (χ1n) is 2.81. The van der Waals surface area contributed by atoms with Crippen LogP contribution in [0, 0.1) is 5.41 Å². The van der Waals surface area contributed by atoms with Gasteiger partial charge < -0.3 is 4.74 Å². The molecular formula is C6H10Cl2O2. The molecule has 60 valence electrons. The third-order valence-corrected chi connectivity index (χ3v) is 2.45. The summed E-state index contributed by atoms with van der Waals surface area (Å²) in [5.41, 5.74) is -0.738. The van der Waals surface area contributed by atoms with E-state index in [0.29, 0.717) is 0 Å². The van der Waals surface area contributed by atoms with Crippen molar-refractivity contribution in [1.29, 1.82) is 0 Å². The molecule has 0 aromatic heterocycles. The lowest BCUT2D eigenvalue weighted by molar-refractivity contribution is -0.149. The van der Waals surface area contributed by atoms with Gasteiger partial charge in [-0.2, -0.15) is 0 Å². The molecule has 0 atom stereocenters. The summed E-state index contributed by atoms with van der Waals surface area (Å²) in [6, 6.07) is 0. The number of hydrogen-bond donors (Lipinski definition) is 0. The molecule has 0 spiro atoms. The van der Waals surface area contributed by atoms with Crippen LogP contribution in [0.1, 0.15) is 6.92 Å². The van der Waals surface area contributed by atoms with Crippen LogP contribution in [0.25, 0.3) is 0 Å². The van der Waals surface area contributed by atoms with E-state index in [2.05, 4.69) is 4.74 Å². The van der Waals surface area contributed by atoms with Crippen LogP contribution in [0.2, 0.25) is 0 Å². The zero-order valence-electron chi connectivity index (χ0n) is 5.99. The van der Waals surface area contributed by atoms with Crippen molar-refractivity contribution in [2.75, 3.05) is 18.9 Å². The Balaban J connectivity index is 4.17. The van der Waals surface area contributed by atoms with Crippen LogP contribution < -0.4 is 0 Å². The summed E-state index contributed by atoms with van der Waals surface area (Å²) in [5.74, 6) is 0.00398. The smallest absolute Gasteiger partial charge is 0.313 e. The van der Waals surface area contributed by atoms with Crippen LogP contribution in [-0.2, 0) is 9.53 Å². The molecule has 4 heteroatoms. The second-order valence-electron chi connectivity index (χ2n) is 2.32. The zero-order chi connectivity index (χ0) is 8.20. The largest absolute Gasteiger partial charge is 0.469 e. The maximum Gasteiger partial charge on any atom is 0.313 e. The molecule has 2 nitrogen and oxygen atoms in total. The number of carbonyl (C=O) groups is 1. The van der Waals surface area contributed by atoms with Crippen molar-refractivity contribution < 1.29 is 9.53 Å². The molecule has 0 aromatic rings. The Morgan fingerprint density at radius 2 is 1.90 bits per heavy atom. The van der Waals surface area contributed by atoms with Crippen molar-refractivity contribution >= 4 is 29.2 Å². The topological polar surface area (TPSA) is 26.3 Å². The number of ether oxygens (including phenoxy) is 1. The molecular weight excluding hydrogens is 175 g/mol. The summed E-state index contributed by atoms with van der Waals surface area (Å²) in [6.07, 6.45) is 0. The standard InChI is InChI=1S/C6H10Cl2O2/c1-6(3-7,4-8)5(9)10-2/h3-4H2,1-2H3. The van der Waals surface area contributed by atoms with E-state index in [-0.39, 0.29) is 17.7 Å². The van der Waals surface area contributed by atoms with Gasteiger partial charge in [0.15, 0.2) is 0 Å². The predicted octanol–water partition coefficient (Wildman–Crippen LogP) is 1.64. The Morgan fingerprint density at radius 1 is 1.50 bits per heavy atom. The van der Waals surface area contributed by atoms with E-state index < -0.39 is 5.41 Å². The van der Waals surface area contributed by atoms with Crippen molar-refractivity contribution in [3.63, 3.8) is 0 Å². The first kappa shape index (κ1) is 10.0. The molecule has 0 saturated carbocycles. The van der Waals surface area contributed by atoms with Crippen molar-refractivity contribution in [3.05, 3.63) is 0 Å². The fourth-order valence-corrected chi connectivity index (χ4v) is 0.895. The molecule has 10 heavy (non-hydrogen) atoms. The maximum atomic E-state index is 10.9. The highest BCUT2D eigenvalue weighted by molar-refractivity contribution is 6.23. The number of esters is 1. The lowest BCUT2D eigenvalue weighted by atomic mass is 9.97. The summed E-state index contributed by atoms with van der Waals surface area (Å²) < 4.78 is 4.49. The molecule has 0 aliphatic heterocycles. The van der Waals surface area contributed by atoms with Gasteiger partial charge in [0.2, 0.25) is 0 Å². The Bertz CT molecular complexity index is 121. The molecule has 0 unspecified atom stereocenters. The third kappa shape index (κ3) is 2.03. The average Bonchev–Trinajstić information content (AvgIpc) is 2.01. The van der Waals surface area contributed by atoms with Gasteiger partial charge in [-0.05, 0) is 6.92 Å². The number of alkyl halides is 2. The summed E-state index contributed by atoms with van der Waals surface area (Å²) in [5, 5.41) is 0. The van der Waals surface area contributed by atoms with Gasteiger partial charge >= 0.3 is 5.97 Å². The molecule has 0 saturated heterocycles. The monoisotopic (exact) mass is 184 g/mol. The maximum absolute atomic E-state index is 10.9. The van der Waals surface area contributed by atoms with Gasteiger partial charge in [0.1, 0.15) is 0 Å². The van der Waals surface area contributed by atoms with Crippen molar-refractivity contribution in [3.8, 4) is 0 Å². The minimum Gasteiger partial charge on any atom is -0.469 e. The van der Waals surface area contributed by atoms with Crippen molar-refractivity contribution in [1.82, 2.24) is 0 Å². The summed E-state index contributed by atoms with van der Waals surface area (Å²) in [4.78, 5) is 10.9. The van der Waals surface area contributed by atoms with Crippen molar-refractivity contribution in [2.24, 2.45) is 5.41 Å². The van der Waals surface area contributed by atoms with Crippen LogP contribution >= 0.6 is 23.2 Å². The van der Waals surface area contributed by atoms with E-state index in [1.807, 2.05) is 0 Å². The Labute approximate surface area is 70.4 Å². The molecule has 0 aromatic carbocycles. The highest BCUT2D eigenvalue weighted by Crippen LogP contribution is 2.21. The summed E-state index contributed by atoms with van der Waals surface area (Å²) in [7, 11) is 1.32. The van der Waals surface area contributed by atoms with E-state index in [1.54, 1.807) is 6.92 Å². The van der Waals surface area contributed by atoms with Gasteiger partial charge in [-0.1, -0.05) is 0 Å². The van der Waals surface area contributed by atoms with Gasteiger partial charge in [0, 0.05) is 11.8 Å². The van der Waals surface area contributed by atoms with Crippen LogP contribution in [0.4, 0.5) is 0 Å². The molecule has 0 aliphatic carbocycles. The van der Waals surface area contributed by atoms with Gasteiger partial charge in [-0.15, -0.1) is 23.2 Å². The summed E-state index contributed by atoms with van der Waals surface area (Å²) >= 11 is 11.0. The molecule has 0 N–H and O–H groups in total. The van der Waals surface area contributed by atoms with E-state index in [9.17, 15) is 4.79 Å². The molecule has 0 amide bonds. The second-order valence-corrected chi connectivity index (χ2v) is 2.85. The first-order chi connectivity index (χ1) is 4.60. The van der Waals surface area contributed by atoms with Gasteiger partial charge in [0.05, 0.1) is 12.5 Å². The SMILES string of the molecule is COC(=O)C(C)(CCl)CCl. The Hall–Kier alpha value is 0.0500. The van der Waals surface area contributed by atoms with Gasteiger partial charge in [0.25, 0.3) is 0 Å². The average molecular weight is 185 g/mol. The molecule has 0 bridgehead atoms. The van der Waals surface area contributed by atoms with Crippen LogP contribution in [0.15, 0.2) is 0 Å². The highest BCUT2D eigenvalue weighted by atomic mass is 35.5. The molecule has 0 fully saturated rings. The Morgan fingerprint density at radius 3 is 2.00 bits per heavy atom. The van der Waals surface area contributed by atoms with E-state index >= 15 is 0 Å². The van der Waals surface area contributed by atoms with E-state index in [0.717, 1.165) is 0 Å². The molecule has 0 rings (SSSR count). The fraction of sp³-hybridized carbons (Fsp3) is 0.833. The van der Waals surface area contributed by atoms with Gasteiger partial charge in [-0.3, -0.25) is 4.79 Å². The zero-order valence-corrected chi connectivity index (χ0v) is 7.50. The predicted molar refractivity (Wildman–Crippen MR) is 41.6 cm³/mol. The van der Waals surface area contributed by atoms with Gasteiger partial charge in [-0.25, -0.2) is 0 Å². The van der Waals surface area contributed by atoms with E-state index in [4.69, 9.17) is 23.2 Å². The molecule has 0 aliphatic rings. The minimum atomic E-state index is -0.738. The van der Waals surface area contributed by atoms with Crippen LogP contribution in [-0.4, -0.2) is 24.8 Å². The quantitative estimate of drug-likeness (QED) is 0.493.